The van der Waals surface area contributed by atoms with Crippen LogP contribution in [0.2, 0.25) is 0 Å². The minimum absolute atomic E-state index is 0.0163. The average Bonchev–Trinajstić information content (AvgIpc) is 3.19. The Labute approximate surface area is 158 Å². The van der Waals surface area contributed by atoms with Crippen LogP contribution in [0, 0.1) is 0 Å². The summed E-state index contributed by atoms with van der Waals surface area (Å²) in [5.41, 5.74) is 0.658. The Morgan fingerprint density at radius 3 is 2.74 bits per heavy atom. The van der Waals surface area contributed by atoms with Gasteiger partial charge in [-0.1, -0.05) is 41.7 Å². The van der Waals surface area contributed by atoms with Crippen LogP contribution < -0.4 is 15.7 Å². The minimum atomic E-state index is -0.654. The smallest absolute Gasteiger partial charge is 0.349 e. The van der Waals surface area contributed by atoms with Crippen molar-refractivity contribution in [2.45, 2.75) is 6.54 Å². The predicted octanol–water partition coefficient (Wildman–Crippen LogP) is 3.97. The molecule has 0 unspecified atom stereocenters. The van der Waals surface area contributed by atoms with Crippen molar-refractivity contribution >= 4 is 28.2 Å². The summed E-state index contributed by atoms with van der Waals surface area (Å²) < 4.78 is 10.8. The molecule has 134 valence electrons. The van der Waals surface area contributed by atoms with E-state index in [2.05, 4.69) is 10.3 Å². The van der Waals surface area contributed by atoms with E-state index in [0.717, 1.165) is 5.56 Å². The van der Waals surface area contributed by atoms with Crippen LogP contribution in [-0.2, 0) is 6.54 Å². The molecule has 6 nitrogen and oxygen atoms in total. The lowest BCUT2D eigenvalue weighted by atomic mass is 10.1. The number of aromatic nitrogens is 1. The maximum absolute atomic E-state index is 12.4. The summed E-state index contributed by atoms with van der Waals surface area (Å²) in [4.78, 5) is 28.4. The van der Waals surface area contributed by atoms with Crippen molar-refractivity contribution < 1.29 is 13.9 Å². The molecule has 0 aliphatic heterocycles. The highest BCUT2D eigenvalue weighted by Gasteiger charge is 2.13. The fourth-order valence-electron chi connectivity index (χ4n) is 2.53. The third kappa shape index (κ3) is 3.88. The molecule has 1 N–H and O–H groups in total. The first-order valence-corrected chi connectivity index (χ1v) is 9.04. The van der Waals surface area contributed by atoms with E-state index in [1.165, 1.54) is 11.3 Å². The number of nitrogens with one attached hydrogen (secondary N) is 1. The standard InChI is InChI=1S/C20H14N2O4S/c23-18(16-11-14-3-1-2-4-17(14)26-19(16)24)22-12-13-5-7-15(8-6-13)25-20-21-9-10-27-20/h1-11H,12H2,(H,22,23). The third-order valence-corrected chi connectivity index (χ3v) is 4.53. The number of hydrogen-bond acceptors (Lipinski definition) is 6. The summed E-state index contributed by atoms with van der Waals surface area (Å²) in [6.07, 6.45) is 1.67. The molecule has 1 amide bonds. The topological polar surface area (TPSA) is 81.4 Å². The van der Waals surface area contributed by atoms with Crippen molar-refractivity contribution in [1.29, 1.82) is 0 Å². The zero-order valence-electron chi connectivity index (χ0n) is 14.0. The number of thiazole rings is 1. The fraction of sp³-hybridized carbons (Fsp3) is 0.0500. The van der Waals surface area contributed by atoms with Crippen LogP contribution in [0.25, 0.3) is 11.0 Å². The van der Waals surface area contributed by atoms with Crippen molar-refractivity contribution in [2.24, 2.45) is 0 Å². The number of fused-ring (bicyclic) bond motifs is 1. The molecule has 0 fully saturated rings. The summed E-state index contributed by atoms with van der Waals surface area (Å²) in [5.74, 6) is 0.188. The molecule has 0 saturated carbocycles. The predicted molar refractivity (Wildman–Crippen MR) is 102 cm³/mol. The Balaban J connectivity index is 1.43. The molecule has 2 aromatic carbocycles. The second-order valence-corrected chi connectivity index (χ2v) is 6.57. The normalized spacial score (nSPS) is 10.7. The maximum Gasteiger partial charge on any atom is 0.349 e. The van der Waals surface area contributed by atoms with Crippen molar-refractivity contribution in [3.8, 4) is 10.9 Å². The maximum atomic E-state index is 12.4. The molecule has 4 aromatic rings. The van der Waals surface area contributed by atoms with Gasteiger partial charge < -0.3 is 14.5 Å². The van der Waals surface area contributed by atoms with E-state index >= 15 is 0 Å². The lowest BCUT2D eigenvalue weighted by Crippen LogP contribution is -2.27. The van der Waals surface area contributed by atoms with Gasteiger partial charge in [0.1, 0.15) is 16.9 Å². The zero-order chi connectivity index (χ0) is 18.6. The van der Waals surface area contributed by atoms with Gasteiger partial charge in [-0.3, -0.25) is 4.79 Å². The van der Waals surface area contributed by atoms with Crippen LogP contribution in [0.5, 0.6) is 10.9 Å². The van der Waals surface area contributed by atoms with Crippen LogP contribution in [0.4, 0.5) is 0 Å². The number of benzene rings is 2. The number of carbonyl (C=O) groups is 1. The molecular formula is C20H14N2O4S. The highest BCUT2D eigenvalue weighted by Crippen LogP contribution is 2.23. The summed E-state index contributed by atoms with van der Waals surface area (Å²) in [7, 11) is 0. The largest absolute Gasteiger partial charge is 0.431 e. The van der Waals surface area contributed by atoms with E-state index in [1.807, 2.05) is 23.6 Å². The van der Waals surface area contributed by atoms with E-state index in [0.29, 0.717) is 21.9 Å². The fourth-order valence-corrected chi connectivity index (χ4v) is 3.04. The number of ether oxygens (including phenoxy) is 1. The van der Waals surface area contributed by atoms with Crippen LogP contribution in [0.15, 0.2) is 75.4 Å². The number of carbonyl (C=O) groups excluding carboxylic acids is 1. The van der Waals surface area contributed by atoms with Crippen molar-refractivity contribution in [2.75, 3.05) is 0 Å². The summed E-state index contributed by atoms with van der Waals surface area (Å²) in [6, 6.07) is 15.9. The summed E-state index contributed by atoms with van der Waals surface area (Å²) >= 11 is 1.41. The zero-order valence-corrected chi connectivity index (χ0v) is 14.9. The van der Waals surface area contributed by atoms with Gasteiger partial charge in [-0.2, -0.15) is 0 Å². The van der Waals surface area contributed by atoms with Gasteiger partial charge in [-0.25, -0.2) is 9.78 Å². The Bertz CT molecular complexity index is 1130. The van der Waals surface area contributed by atoms with Crippen molar-refractivity contribution in [3.05, 3.63) is 87.7 Å². The minimum Gasteiger partial charge on any atom is -0.431 e. The van der Waals surface area contributed by atoms with Gasteiger partial charge in [-0.15, -0.1) is 0 Å². The lowest BCUT2D eigenvalue weighted by molar-refractivity contribution is 0.0947. The van der Waals surface area contributed by atoms with Crippen molar-refractivity contribution in [1.82, 2.24) is 10.3 Å². The molecule has 0 atom stereocenters. The summed E-state index contributed by atoms with van der Waals surface area (Å²) in [6.45, 7) is 0.280. The van der Waals surface area contributed by atoms with Gasteiger partial charge in [0.2, 0.25) is 0 Å². The molecule has 0 aliphatic rings. The summed E-state index contributed by atoms with van der Waals surface area (Å²) in [5, 5.41) is 5.84. The van der Waals surface area contributed by atoms with E-state index < -0.39 is 11.5 Å². The molecule has 0 spiro atoms. The Hall–Kier alpha value is -3.45. The molecule has 0 aliphatic carbocycles. The first-order chi connectivity index (χ1) is 13.2. The Morgan fingerprint density at radius 2 is 1.96 bits per heavy atom. The number of rotatable bonds is 5. The second-order valence-electron chi connectivity index (χ2n) is 5.71. The van der Waals surface area contributed by atoms with E-state index in [1.54, 1.807) is 42.6 Å². The van der Waals surface area contributed by atoms with Gasteiger partial charge >= 0.3 is 5.63 Å². The second kappa shape index (κ2) is 7.43. The van der Waals surface area contributed by atoms with E-state index in [-0.39, 0.29) is 12.1 Å². The van der Waals surface area contributed by atoms with Gasteiger partial charge in [0.15, 0.2) is 0 Å². The van der Waals surface area contributed by atoms with Crippen molar-refractivity contribution in [3.63, 3.8) is 0 Å². The van der Waals surface area contributed by atoms with Crippen LogP contribution >= 0.6 is 11.3 Å². The molecule has 2 heterocycles. The quantitative estimate of drug-likeness (QED) is 0.532. The highest BCUT2D eigenvalue weighted by molar-refractivity contribution is 7.11. The monoisotopic (exact) mass is 378 g/mol. The van der Waals surface area contributed by atoms with E-state index in [9.17, 15) is 9.59 Å². The van der Waals surface area contributed by atoms with Gasteiger partial charge in [0.05, 0.1) is 0 Å². The molecular weight excluding hydrogens is 364 g/mol. The highest BCUT2D eigenvalue weighted by atomic mass is 32.1. The molecule has 0 bridgehead atoms. The number of para-hydroxylation sites is 1. The molecule has 0 saturated heterocycles. The Morgan fingerprint density at radius 1 is 1.15 bits per heavy atom. The number of amides is 1. The average molecular weight is 378 g/mol. The van der Waals surface area contributed by atoms with Crippen LogP contribution in [-0.4, -0.2) is 10.9 Å². The third-order valence-electron chi connectivity index (χ3n) is 3.88. The molecule has 0 radical (unpaired) electrons. The number of hydrogen-bond donors (Lipinski definition) is 1. The van der Waals surface area contributed by atoms with Gasteiger partial charge in [-0.05, 0) is 29.8 Å². The first kappa shape index (κ1) is 17.0. The van der Waals surface area contributed by atoms with Gasteiger partial charge in [0, 0.05) is 23.5 Å². The molecule has 7 heteroatoms. The van der Waals surface area contributed by atoms with Crippen LogP contribution in [0.3, 0.4) is 0 Å². The molecule has 2 aromatic heterocycles. The molecule has 4 rings (SSSR count). The molecule has 27 heavy (non-hydrogen) atoms. The van der Waals surface area contributed by atoms with Crippen LogP contribution in [0.1, 0.15) is 15.9 Å². The number of nitrogens with zero attached hydrogens (tertiary/aromatic N) is 1. The van der Waals surface area contributed by atoms with Gasteiger partial charge in [0.25, 0.3) is 11.1 Å². The SMILES string of the molecule is O=C(NCc1ccc(Oc2nccs2)cc1)c1cc2ccccc2oc1=O. The first-order valence-electron chi connectivity index (χ1n) is 8.16. The van der Waals surface area contributed by atoms with E-state index in [4.69, 9.17) is 9.15 Å². The lowest BCUT2D eigenvalue weighted by Gasteiger charge is -2.07. The Kier molecular flexibility index (Phi) is 4.67.